The van der Waals surface area contributed by atoms with E-state index in [0.717, 1.165) is 11.3 Å². The molecule has 3 rings (SSSR count). The van der Waals surface area contributed by atoms with Crippen molar-refractivity contribution >= 4 is 34.2 Å². The molecule has 3 aromatic rings. The molecule has 0 fully saturated rings. The van der Waals surface area contributed by atoms with Gasteiger partial charge in [0.25, 0.3) is 5.91 Å². The van der Waals surface area contributed by atoms with E-state index in [1.807, 2.05) is 0 Å². The second-order valence-corrected chi connectivity index (χ2v) is 7.95. The average molecular weight is 504 g/mol. The van der Waals surface area contributed by atoms with Crippen LogP contribution in [0.5, 0.6) is 17.2 Å². The van der Waals surface area contributed by atoms with E-state index in [0.29, 0.717) is 22.8 Å². The summed E-state index contributed by atoms with van der Waals surface area (Å²) >= 11 is 0.929. The van der Waals surface area contributed by atoms with Gasteiger partial charge in [0.1, 0.15) is 9.88 Å². The second-order valence-electron chi connectivity index (χ2n) is 6.93. The number of hydrogen-bond acceptors (Lipinski definition) is 10. The van der Waals surface area contributed by atoms with Crippen LogP contribution < -0.4 is 19.5 Å². The third-order valence-electron chi connectivity index (χ3n) is 4.82. The minimum Gasteiger partial charge on any atom is -0.493 e. The van der Waals surface area contributed by atoms with E-state index >= 15 is 0 Å². The molecular weight excluding hydrogens is 478 g/mol. The van der Waals surface area contributed by atoms with Crippen molar-refractivity contribution in [2.24, 2.45) is 0 Å². The van der Waals surface area contributed by atoms with Crippen molar-refractivity contribution in [1.82, 2.24) is 9.78 Å². The standard InChI is InChI=1S/C23H25N3O8S/c1-6-33-23(29)19-13(2)17(22(28)32-5)21(35-19)24-20(27)14-10-11-26(25-14)12-34-18-15(30-3)8-7-9-16(18)31-4/h7-11H,6,12H2,1-5H3,(H,24,27). The Hall–Kier alpha value is -4.06. The molecule has 0 unspecified atom stereocenters. The molecule has 1 amide bonds. The van der Waals surface area contributed by atoms with Crippen molar-refractivity contribution in [3.63, 3.8) is 0 Å². The Bertz CT molecular complexity index is 1210. The van der Waals surface area contributed by atoms with Gasteiger partial charge < -0.3 is 29.0 Å². The molecule has 0 aliphatic rings. The lowest BCUT2D eigenvalue weighted by molar-refractivity contribution is 0.0531. The van der Waals surface area contributed by atoms with Gasteiger partial charge in [-0.1, -0.05) is 6.07 Å². The molecule has 0 saturated carbocycles. The van der Waals surface area contributed by atoms with Crippen molar-refractivity contribution in [2.45, 2.75) is 20.6 Å². The molecule has 35 heavy (non-hydrogen) atoms. The van der Waals surface area contributed by atoms with Crippen LogP contribution in [-0.2, 0) is 16.2 Å². The van der Waals surface area contributed by atoms with E-state index in [1.165, 1.54) is 32.1 Å². The van der Waals surface area contributed by atoms with Crippen molar-refractivity contribution in [3.8, 4) is 17.2 Å². The van der Waals surface area contributed by atoms with Crippen LogP contribution in [0.3, 0.4) is 0 Å². The fourth-order valence-corrected chi connectivity index (χ4v) is 4.24. The summed E-state index contributed by atoms with van der Waals surface area (Å²) in [4.78, 5) is 37.6. The number of thiophene rings is 1. The SMILES string of the molecule is CCOC(=O)c1sc(NC(=O)c2ccn(COc3c(OC)cccc3OC)n2)c(C(=O)OC)c1C. The first kappa shape index (κ1) is 25.6. The molecule has 2 aromatic heterocycles. The molecule has 1 aromatic carbocycles. The van der Waals surface area contributed by atoms with Crippen LogP contribution in [0.1, 0.15) is 43.0 Å². The summed E-state index contributed by atoms with van der Waals surface area (Å²) in [5.74, 6) is -0.503. The molecule has 0 bridgehead atoms. The van der Waals surface area contributed by atoms with E-state index in [1.54, 1.807) is 38.2 Å². The molecule has 11 nitrogen and oxygen atoms in total. The Labute approximate surface area is 205 Å². The number of hydrogen-bond donors (Lipinski definition) is 1. The number of amides is 1. The summed E-state index contributed by atoms with van der Waals surface area (Å²) in [6, 6.07) is 6.71. The number of nitrogens with one attached hydrogen (secondary N) is 1. The number of methoxy groups -OCH3 is 3. The topological polar surface area (TPSA) is 127 Å². The summed E-state index contributed by atoms with van der Waals surface area (Å²) in [7, 11) is 4.24. The first-order valence-corrected chi connectivity index (χ1v) is 11.2. The van der Waals surface area contributed by atoms with Gasteiger partial charge in [-0.05, 0) is 37.6 Å². The molecule has 0 aliphatic heterocycles. The number of carbonyl (C=O) groups excluding carboxylic acids is 3. The van der Waals surface area contributed by atoms with Crippen molar-refractivity contribution in [2.75, 3.05) is 33.3 Å². The number of carbonyl (C=O) groups is 3. The summed E-state index contributed by atoms with van der Waals surface area (Å²) in [5.41, 5.74) is 0.514. The van der Waals surface area contributed by atoms with Crippen LogP contribution >= 0.6 is 11.3 Å². The fourth-order valence-electron chi connectivity index (χ4n) is 3.15. The van der Waals surface area contributed by atoms with Crippen LogP contribution in [-0.4, -0.2) is 55.6 Å². The van der Waals surface area contributed by atoms with Crippen molar-refractivity contribution in [3.05, 3.63) is 52.2 Å². The van der Waals surface area contributed by atoms with Crippen LogP contribution in [0.15, 0.2) is 30.5 Å². The van der Waals surface area contributed by atoms with Gasteiger partial charge in [0.2, 0.25) is 5.75 Å². The van der Waals surface area contributed by atoms with E-state index in [9.17, 15) is 14.4 Å². The number of anilines is 1. The van der Waals surface area contributed by atoms with Gasteiger partial charge in [-0.25, -0.2) is 14.3 Å². The van der Waals surface area contributed by atoms with E-state index in [2.05, 4.69) is 10.4 Å². The Morgan fingerprint density at radius 2 is 1.74 bits per heavy atom. The fraction of sp³-hybridized carbons (Fsp3) is 0.304. The molecule has 0 atom stereocenters. The van der Waals surface area contributed by atoms with Crippen LogP contribution in [0, 0.1) is 6.92 Å². The van der Waals surface area contributed by atoms with E-state index in [-0.39, 0.29) is 34.5 Å². The third kappa shape index (κ3) is 5.54. The van der Waals surface area contributed by atoms with Gasteiger partial charge in [-0.15, -0.1) is 11.3 Å². The van der Waals surface area contributed by atoms with Gasteiger partial charge in [0.05, 0.1) is 33.5 Å². The van der Waals surface area contributed by atoms with Gasteiger partial charge in [0, 0.05) is 6.20 Å². The number of aromatic nitrogens is 2. The van der Waals surface area contributed by atoms with Crippen molar-refractivity contribution in [1.29, 1.82) is 0 Å². The summed E-state index contributed by atoms with van der Waals surface area (Å²) < 4.78 is 27.7. The number of rotatable bonds is 10. The number of ether oxygens (including phenoxy) is 5. The predicted octanol–water partition coefficient (Wildman–Crippen LogP) is 3.52. The Balaban J connectivity index is 1.78. The normalized spacial score (nSPS) is 10.4. The minimum atomic E-state index is -0.686. The third-order valence-corrected chi connectivity index (χ3v) is 6.01. The Morgan fingerprint density at radius 1 is 1.06 bits per heavy atom. The number of esters is 2. The van der Waals surface area contributed by atoms with Gasteiger partial charge >= 0.3 is 11.9 Å². The Kier molecular flexibility index (Phi) is 8.31. The molecule has 12 heteroatoms. The highest BCUT2D eigenvalue weighted by molar-refractivity contribution is 7.18. The number of benzene rings is 1. The minimum absolute atomic E-state index is 0.0253. The highest BCUT2D eigenvalue weighted by Gasteiger charge is 2.27. The largest absolute Gasteiger partial charge is 0.493 e. The van der Waals surface area contributed by atoms with E-state index in [4.69, 9.17) is 23.7 Å². The maximum atomic E-state index is 12.9. The monoisotopic (exact) mass is 503 g/mol. The van der Waals surface area contributed by atoms with Gasteiger partial charge in [-0.3, -0.25) is 4.79 Å². The lowest BCUT2D eigenvalue weighted by Crippen LogP contribution is -2.16. The smallest absolute Gasteiger partial charge is 0.348 e. The zero-order chi connectivity index (χ0) is 25.5. The molecule has 1 N–H and O–H groups in total. The maximum absolute atomic E-state index is 12.9. The highest BCUT2D eigenvalue weighted by atomic mass is 32.1. The zero-order valence-corrected chi connectivity index (χ0v) is 20.7. The van der Waals surface area contributed by atoms with Crippen LogP contribution in [0.25, 0.3) is 0 Å². The number of para-hydroxylation sites is 1. The first-order chi connectivity index (χ1) is 16.8. The van der Waals surface area contributed by atoms with Crippen molar-refractivity contribution < 1.29 is 38.1 Å². The molecule has 0 saturated heterocycles. The van der Waals surface area contributed by atoms with Crippen LogP contribution in [0.2, 0.25) is 0 Å². The van der Waals surface area contributed by atoms with Crippen LogP contribution in [0.4, 0.5) is 5.00 Å². The maximum Gasteiger partial charge on any atom is 0.348 e. The zero-order valence-electron chi connectivity index (χ0n) is 19.9. The van der Waals surface area contributed by atoms with Gasteiger partial charge in [-0.2, -0.15) is 5.10 Å². The lowest BCUT2D eigenvalue weighted by atomic mass is 10.1. The first-order valence-electron chi connectivity index (χ1n) is 10.4. The Morgan fingerprint density at radius 3 is 2.34 bits per heavy atom. The quantitative estimate of drug-likeness (QED) is 0.413. The molecule has 0 aliphatic carbocycles. The van der Waals surface area contributed by atoms with Gasteiger partial charge in [0.15, 0.2) is 23.9 Å². The molecule has 2 heterocycles. The molecule has 186 valence electrons. The predicted molar refractivity (Wildman–Crippen MR) is 127 cm³/mol. The summed E-state index contributed by atoms with van der Waals surface area (Å²) in [6.45, 7) is 3.41. The molecular formula is C23H25N3O8S. The number of nitrogens with zero attached hydrogens (tertiary/aromatic N) is 2. The summed E-state index contributed by atoms with van der Waals surface area (Å²) in [5, 5.41) is 7.01. The highest BCUT2D eigenvalue weighted by Crippen LogP contribution is 2.37. The average Bonchev–Trinajstić information content (AvgIpc) is 3.46. The van der Waals surface area contributed by atoms with E-state index < -0.39 is 17.8 Å². The molecule has 0 spiro atoms. The lowest BCUT2D eigenvalue weighted by Gasteiger charge is -2.13. The second kappa shape index (κ2) is 11.4. The molecule has 0 radical (unpaired) electrons. The summed E-state index contributed by atoms with van der Waals surface area (Å²) in [6.07, 6.45) is 1.56.